The standard InChI is InChI=1S/C25H24N2O3/c1-17-22-11-12-27(16-18-7-6-10-21(13-18)30-2)24(29)25(22,14-19(15-26)23(17)28)20-8-4-3-5-9-20/h3-10,13-14,17,22H,11-12,16H2,1-2H3/t17-,22-,25+/m1/s1. The molecule has 4 rings (SSSR count). The van der Waals surface area contributed by atoms with Crippen LogP contribution in [0.1, 0.15) is 24.5 Å². The van der Waals surface area contributed by atoms with E-state index in [1.165, 1.54) is 0 Å². The largest absolute Gasteiger partial charge is 0.497 e. The Hall–Kier alpha value is -3.39. The summed E-state index contributed by atoms with van der Waals surface area (Å²) in [7, 11) is 1.62. The number of fused-ring (bicyclic) bond motifs is 1. The third kappa shape index (κ3) is 3.09. The first-order valence-electron chi connectivity index (χ1n) is 10.2. The van der Waals surface area contributed by atoms with Gasteiger partial charge in [-0.1, -0.05) is 49.4 Å². The van der Waals surface area contributed by atoms with E-state index in [2.05, 4.69) is 0 Å². The summed E-state index contributed by atoms with van der Waals surface area (Å²) < 4.78 is 5.31. The summed E-state index contributed by atoms with van der Waals surface area (Å²) in [5.41, 5.74) is 0.895. The fourth-order valence-corrected chi connectivity index (χ4v) is 4.95. The van der Waals surface area contributed by atoms with E-state index in [9.17, 15) is 14.9 Å². The van der Waals surface area contributed by atoms with E-state index in [0.717, 1.165) is 16.9 Å². The molecule has 0 saturated carbocycles. The van der Waals surface area contributed by atoms with Crippen molar-refractivity contribution in [2.45, 2.75) is 25.3 Å². The lowest BCUT2D eigenvalue weighted by atomic mass is 9.57. The Balaban J connectivity index is 1.80. The number of Topliss-reactive ketones (excluding diaryl/α,β-unsaturated/α-hetero) is 1. The Bertz CT molecular complexity index is 1050. The number of hydrogen-bond acceptors (Lipinski definition) is 4. The van der Waals surface area contributed by atoms with Gasteiger partial charge in [0, 0.05) is 19.0 Å². The number of ether oxygens (including phenoxy) is 1. The number of likely N-dealkylation sites (tertiary alicyclic amines) is 1. The molecule has 5 nitrogen and oxygen atoms in total. The summed E-state index contributed by atoms with van der Waals surface area (Å²) in [6.07, 6.45) is 2.34. The van der Waals surface area contributed by atoms with Crippen LogP contribution < -0.4 is 4.74 Å². The summed E-state index contributed by atoms with van der Waals surface area (Å²) in [6, 6.07) is 19.3. The number of rotatable bonds is 4. The lowest BCUT2D eigenvalue weighted by Crippen LogP contribution is -2.59. The van der Waals surface area contributed by atoms with Gasteiger partial charge in [-0.2, -0.15) is 5.26 Å². The molecule has 0 unspecified atom stereocenters. The molecule has 0 bridgehead atoms. The van der Waals surface area contributed by atoms with Crippen molar-refractivity contribution in [3.05, 3.63) is 77.4 Å². The molecular formula is C25H24N2O3. The van der Waals surface area contributed by atoms with Crippen molar-refractivity contribution < 1.29 is 14.3 Å². The fraction of sp³-hybridized carbons (Fsp3) is 0.320. The Morgan fingerprint density at radius 1 is 1.17 bits per heavy atom. The molecule has 30 heavy (non-hydrogen) atoms. The molecule has 2 aromatic carbocycles. The lowest BCUT2D eigenvalue weighted by molar-refractivity contribution is -0.145. The maximum Gasteiger partial charge on any atom is 0.237 e. The van der Waals surface area contributed by atoms with Crippen LogP contribution in [0.5, 0.6) is 5.75 Å². The Labute approximate surface area is 176 Å². The molecule has 2 aromatic rings. The highest BCUT2D eigenvalue weighted by molar-refractivity contribution is 6.06. The Morgan fingerprint density at radius 2 is 1.93 bits per heavy atom. The minimum atomic E-state index is -1.00. The normalized spacial score (nSPS) is 25.9. The second-order valence-electron chi connectivity index (χ2n) is 8.03. The quantitative estimate of drug-likeness (QED) is 0.785. The molecule has 5 heteroatoms. The van der Waals surface area contributed by atoms with Gasteiger partial charge in [0.1, 0.15) is 11.8 Å². The molecule has 1 heterocycles. The molecule has 2 aliphatic rings. The molecule has 152 valence electrons. The molecule has 1 amide bonds. The molecule has 0 spiro atoms. The van der Waals surface area contributed by atoms with Gasteiger partial charge in [0.2, 0.25) is 5.91 Å². The second kappa shape index (κ2) is 7.79. The van der Waals surface area contributed by atoms with Crippen LogP contribution in [-0.2, 0) is 21.5 Å². The van der Waals surface area contributed by atoms with Crippen molar-refractivity contribution in [1.82, 2.24) is 4.90 Å². The van der Waals surface area contributed by atoms with E-state index >= 15 is 0 Å². The highest BCUT2D eigenvalue weighted by Crippen LogP contribution is 2.49. The lowest BCUT2D eigenvalue weighted by Gasteiger charge is -2.50. The van der Waals surface area contributed by atoms with Crippen LogP contribution in [0.15, 0.2) is 66.2 Å². The predicted octanol–water partition coefficient (Wildman–Crippen LogP) is 3.65. The Morgan fingerprint density at radius 3 is 2.63 bits per heavy atom. The van der Waals surface area contributed by atoms with Crippen LogP contribution in [0, 0.1) is 23.2 Å². The van der Waals surface area contributed by atoms with Crippen molar-refractivity contribution >= 4 is 11.7 Å². The van der Waals surface area contributed by atoms with E-state index in [0.29, 0.717) is 19.5 Å². The summed E-state index contributed by atoms with van der Waals surface area (Å²) in [6.45, 7) is 2.87. The molecule has 1 aliphatic carbocycles. The number of carbonyl (C=O) groups excluding carboxylic acids is 2. The number of ketones is 1. The maximum absolute atomic E-state index is 14.0. The predicted molar refractivity (Wildman–Crippen MR) is 113 cm³/mol. The second-order valence-corrected chi connectivity index (χ2v) is 8.03. The van der Waals surface area contributed by atoms with E-state index in [1.54, 1.807) is 13.2 Å². The summed E-state index contributed by atoms with van der Waals surface area (Å²) >= 11 is 0. The zero-order valence-corrected chi connectivity index (χ0v) is 17.2. The van der Waals surface area contributed by atoms with Crippen LogP contribution in [0.2, 0.25) is 0 Å². The molecular weight excluding hydrogens is 376 g/mol. The maximum atomic E-state index is 14.0. The summed E-state index contributed by atoms with van der Waals surface area (Å²) in [4.78, 5) is 28.5. The number of amides is 1. The van der Waals surface area contributed by atoms with Gasteiger partial charge in [0.05, 0.1) is 18.1 Å². The number of carbonyl (C=O) groups is 2. The van der Waals surface area contributed by atoms with Gasteiger partial charge < -0.3 is 9.64 Å². The molecule has 1 saturated heterocycles. The molecule has 0 N–H and O–H groups in total. The summed E-state index contributed by atoms with van der Waals surface area (Å²) in [5.74, 6) is -0.0227. The topological polar surface area (TPSA) is 70.4 Å². The van der Waals surface area contributed by atoms with E-state index < -0.39 is 5.41 Å². The smallest absolute Gasteiger partial charge is 0.237 e. The number of nitrogens with zero attached hydrogens (tertiary/aromatic N) is 2. The van der Waals surface area contributed by atoms with Crippen molar-refractivity contribution in [3.63, 3.8) is 0 Å². The highest BCUT2D eigenvalue weighted by atomic mass is 16.5. The molecule has 3 atom stereocenters. The number of hydrogen-bond donors (Lipinski definition) is 0. The first kappa shape index (κ1) is 19.9. The average molecular weight is 400 g/mol. The number of benzene rings is 2. The van der Waals surface area contributed by atoms with Crippen molar-refractivity contribution in [1.29, 1.82) is 5.26 Å². The summed E-state index contributed by atoms with van der Waals surface area (Å²) in [5, 5.41) is 9.60. The SMILES string of the molecule is COc1cccc(CN2CC[C@@H]3[C@@H](C)C(=O)C(C#N)=C[C@@]3(c3ccccc3)C2=O)c1. The van der Waals surface area contributed by atoms with Gasteiger partial charge in [-0.05, 0) is 41.7 Å². The number of methoxy groups -OCH3 is 1. The Kier molecular flexibility index (Phi) is 5.17. The van der Waals surface area contributed by atoms with Crippen molar-refractivity contribution in [2.24, 2.45) is 11.8 Å². The molecule has 0 radical (unpaired) electrons. The number of nitriles is 1. The minimum absolute atomic E-state index is 0.0557. The van der Waals surface area contributed by atoms with Crippen LogP contribution in [0.25, 0.3) is 0 Å². The van der Waals surface area contributed by atoms with Crippen molar-refractivity contribution in [3.8, 4) is 11.8 Å². The van der Waals surface area contributed by atoms with Gasteiger partial charge in [0.25, 0.3) is 0 Å². The third-order valence-electron chi connectivity index (χ3n) is 6.47. The van der Waals surface area contributed by atoms with E-state index in [-0.39, 0.29) is 29.1 Å². The van der Waals surface area contributed by atoms with E-state index in [1.807, 2.05) is 72.5 Å². The molecule has 1 fully saturated rings. The zero-order chi connectivity index (χ0) is 21.3. The zero-order valence-electron chi connectivity index (χ0n) is 17.2. The van der Waals surface area contributed by atoms with Gasteiger partial charge in [-0.3, -0.25) is 9.59 Å². The first-order valence-corrected chi connectivity index (χ1v) is 10.2. The van der Waals surface area contributed by atoms with Gasteiger partial charge >= 0.3 is 0 Å². The van der Waals surface area contributed by atoms with Crippen LogP contribution in [0.4, 0.5) is 0 Å². The van der Waals surface area contributed by atoms with E-state index in [4.69, 9.17) is 4.74 Å². The van der Waals surface area contributed by atoms with Crippen LogP contribution >= 0.6 is 0 Å². The fourth-order valence-electron chi connectivity index (χ4n) is 4.95. The number of piperidine rings is 1. The average Bonchev–Trinajstić information content (AvgIpc) is 2.79. The van der Waals surface area contributed by atoms with Crippen LogP contribution in [-0.4, -0.2) is 30.2 Å². The molecule has 0 aromatic heterocycles. The van der Waals surface area contributed by atoms with Gasteiger partial charge in [-0.15, -0.1) is 0 Å². The van der Waals surface area contributed by atoms with Crippen LogP contribution in [0.3, 0.4) is 0 Å². The van der Waals surface area contributed by atoms with Gasteiger partial charge in [0.15, 0.2) is 5.78 Å². The number of allylic oxidation sites excluding steroid dienone is 1. The molecule has 1 aliphatic heterocycles. The highest BCUT2D eigenvalue weighted by Gasteiger charge is 2.56. The monoisotopic (exact) mass is 400 g/mol. The first-order chi connectivity index (χ1) is 14.5. The third-order valence-corrected chi connectivity index (χ3v) is 6.47. The van der Waals surface area contributed by atoms with Crippen molar-refractivity contribution in [2.75, 3.05) is 13.7 Å². The minimum Gasteiger partial charge on any atom is -0.497 e. The van der Waals surface area contributed by atoms with Gasteiger partial charge in [-0.25, -0.2) is 0 Å².